The van der Waals surface area contributed by atoms with Gasteiger partial charge in [0.25, 0.3) is 0 Å². The van der Waals surface area contributed by atoms with Gasteiger partial charge in [0.1, 0.15) is 0 Å². The van der Waals surface area contributed by atoms with E-state index in [1.165, 1.54) is 25.7 Å². The van der Waals surface area contributed by atoms with Crippen LogP contribution in [0, 0.1) is 0 Å². The van der Waals surface area contributed by atoms with Crippen LogP contribution in [0.1, 0.15) is 52.0 Å². The minimum absolute atomic E-state index is 0.406. The fourth-order valence-corrected chi connectivity index (χ4v) is 2.90. The zero-order valence-corrected chi connectivity index (χ0v) is 13.3. The Hall–Kier alpha value is -1.03. The number of hydrogen-bond donors (Lipinski definition) is 1. The quantitative estimate of drug-likeness (QED) is 0.767. The molecule has 19 heavy (non-hydrogen) atoms. The molecular weight excluding hydrogens is 302 g/mol. The van der Waals surface area contributed by atoms with Gasteiger partial charge in [-0.1, -0.05) is 48.5 Å². The highest BCUT2D eigenvalue weighted by molar-refractivity contribution is 9.10. The van der Waals surface area contributed by atoms with E-state index in [0.29, 0.717) is 12.0 Å². The van der Waals surface area contributed by atoms with Gasteiger partial charge in [-0.05, 0) is 31.5 Å². The largest absolute Gasteiger partial charge is 0.369 e. The van der Waals surface area contributed by atoms with E-state index in [2.05, 4.69) is 45.4 Å². The highest BCUT2D eigenvalue weighted by Crippen LogP contribution is 2.27. The molecular formula is C15H22BrN3. The number of hydrogen-bond acceptors (Lipinski definition) is 2. The first-order valence-electron chi connectivity index (χ1n) is 7.06. The van der Waals surface area contributed by atoms with Crippen LogP contribution in [0.4, 0.5) is 5.95 Å². The zero-order valence-electron chi connectivity index (χ0n) is 11.7. The van der Waals surface area contributed by atoms with E-state index in [1.807, 2.05) is 12.1 Å². The molecule has 0 bridgehead atoms. The number of rotatable bonds is 6. The molecule has 0 saturated heterocycles. The molecule has 4 heteroatoms. The number of anilines is 1. The lowest BCUT2D eigenvalue weighted by Gasteiger charge is -2.15. The van der Waals surface area contributed by atoms with Crippen LogP contribution < -0.4 is 5.73 Å². The number of fused-ring (bicyclic) bond motifs is 1. The van der Waals surface area contributed by atoms with Crippen molar-refractivity contribution >= 4 is 32.9 Å². The molecule has 1 aromatic heterocycles. The molecule has 2 N–H and O–H groups in total. The molecule has 0 radical (unpaired) electrons. The monoisotopic (exact) mass is 323 g/mol. The molecule has 2 aromatic rings. The van der Waals surface area contributed by atoms with Crippen LogP contribution in [-0.4, -0.2) is 9.55 Å². The molecule has 0 spiro atoms. The lowest BCUT2D eigenvalue weighted by Crippen LogP contribution is -2.08. The van der Waals surface area contributed by atoms with Gasteiger partial charge < -0.3 is 10.3 Å². The van der Waals surface area contributed by atoms with E-state index >= 15 is 0 Å². The minimum Gasteiger partial charge on any atom is -0.369 e. The average molecular weight is 324 g/mol. The fraction of sp³-hybridized carbons (Fsp3) is 0.533. The summed E-state index contributed by atoms with van der Waals surface area (Å²) in [6.45, 7) is 4.47. The summed E-state index contributed by atoms with van der Waals surface area (Å²) in [6.07, 6.45) is 6.31. The number of nitrogens with two attached hydrogens (primary N) is 1. The molecule has 2 rings (SSSR count). The zero-order chi connectivity index (χ0) is 13.8. The molecule has 0 aliphatic heterocycles. The van der Waals surface area contributed by atoms with E-state index in [0.717, 1.165) is 21.9 Å². The molecule has 0 fully saturated rings. The number of nitrogens with zero attached hydrogens (tertiary/aromatic N) is 2. The van der Waals surface area contributed by atoms with Crippen molar-refractivity contribution in [1.29, 1.82) is 0 Å². The molecule has 0 amide bonds. The van der Waals surface area contributed by atoms with Crippen molar-refractivity contribution in [2.75, 3.05) is 5.73 Å². The van der Waals surface area contributed by atoms with E-state index in [4.69, 9.17) is 5.73 Å². The smallest absolute Gasteiger partial charge is 0.201 e. The normalized spacial score (nSPS) is 13.0. The van der Waals surface area contributed by atoms with Gasteiger partial charge >= 0.3 is 0 Å². The van der Waals surface area contributed by atoms with Crippen LogP contribution in [0.2, 0.25) is 0 Å². The molecule has 0 aliphatic rings. The molecule has 1 aromatic carbocycles. The number of halogens is 1. The third-order valence-electron chi connectivity index (χ3n) is 3.60. The first kappa shape index (κ1) is 14.4. The van der Waals surface area contributed by atoms with Gasteiger partial charge in [0.2, 0.25) is 5.95 Å². The highest BCUT2D eigenvalue weighted by atomic mass is 79.9. The van der Waals surface area contributed by atoms with Gasteiger partial charge in [-0.15, -0.1) is 0 Å². The van der Waals surface area contributed by atoms with Crippen LogP contribution >= 0.6 is 15.9 Å². The standard InChI is InChI=1S/C15H22BrN3/c1-3-4-5-6-7-11(2)19-14-9-8-12(16)10-13(14)18-15(19)17/h8-11H,3-7H2,1-2H3,(H2,17,18). The van der Waals surface area contributed by atoms with E-state index in [-0.39, 0.29) is 0 Å². The Kier molecular flexibility index (Phi) is 4.86. The summed E-state index contributed by atoms with van der Waals surface area (Å²) in [5, 5.41) is 0. The Balaban J connectivity index is 2.16. The highest BCUT2D eigenvalue weighted by Gasteiger charge is 2.13. The predicted octanol–water partition coefficient (Wildman–Crippen LogP) is 4.91. The van der Waals surface area contributed by atoms with Crippen LogP contribution in [0.5, 0.6) is 0 Å². The maximum atomic E-state index is 6.07. The van der Waals surface area contributed by atoms with E-state index < -0.39 is 0 Å². The second-order valence-corrected chi connectivity index (χ2v) is 6.09. The fourth-order valence-electron chi connectivity index (χ4n) is 2.55. The van der Waals surface area contributed by atoms with Crippen LogP contribution in [0.3, 0.4) is 0 Å². The van der Waals surface area contributed by atoms with Gasteiger partial charge in [-0.2, -0.15) is 0 Å². The third kappa shape index (κ3) is 3.30. The lowest BCUT2D eigenvalue weighted by atomic mass is 10.1. The number of aromatic nitrogens is 2. The number of nitrogen functional groups attached to an aromatic ring is 1. The average Bonchev–Trinajstić information content (AvgIpc) is 2.69. The SMILES string of the molecule is CCCCCCC(C)n1c(N)nc2cc(Br)ccc21. The molecule has 104 valence electrons. The number of imidazole rings is 1. The van der Waals surface area contributed by atoms with Gasteiger partial charge in [0, 0.05) is 10.5 Å². The summed E-state index contributed by atoms with van der Waals surface area (Å²) in [7, 11) is 0. The van der Waals surface area contributed by atoms with Crippen molar-refractivity contribution in [2.24, 2.45) is 0 Å². The number of unbranched alkanes of at least 4 members (excludes halogenated alkanes) is 3. The van der Waals surface area contributed by atoms with Crippen LogP contribution in [-0.2, 0) is 0 Å². The van der Waals surface area contributed by atoms with E-state index in [1.54, 1.807) is 0 Å². The maximum absolute atomic E-state index is 6.07. The van der Waals surface area contributed by atoms with Crippen molar-refractivity contribution < 1.29 is 0 Å². The van der Waals surface area contributed by atoms with E-state index in [9.17, 15) is 0 Å². The summed E-state index contributed by atoms with van der Waals surface area (Å²) in [6, 6.07) is 6.56. The van der Waals surface area contributed by atoms with Gasteiger partial charge in [-0.3, -0.25) is 0 Å². The van der Waals surface area contributed by atoms with Gasteiger partial charge in [-0.25, -0.2) is 4.98 Å². The van der Waals surface area contributed by atoms with Crippen molar-refractivity contribution in [3.8, 4) is 0 Å². The van der Waals surface area contributed by atoms with Crippen LogP contribution in [0.25, 0.3) is 11.0 Å². The molecule has 3 nitrogen and oxygen atoms in total. The second-order valence-electron chi connectivity index (χ2n) is 5.17. The van der Waals surface area contributed by atoms with Gasteiger partial charge in [0.05, 0.1) is 11.0 Å². The summed E-state index contributed by atoms with van der Waals surface area (Å²) < 4.78 is 3.20. The Morgan fingerprint density at radius 3 is 2.84 bits per heavy atom. The first-order valence-corrected chi connectivity index (χ1v) is 7.85. The summed E-state index contributed by atoms with van der Waals surface area (Å²) in [5.41, 5.74) is 8.16. The third-order valence-corrected chi connectivity index (χ3v) is 4.09. The Morgan fingerprint density at radius 2 is 2.11 bits per heavy atom. The first-order chi connectivity index (χ1) is 9.13. The summed E-state index contributed by atoms with van der Waals surface area (Å²) in [5.74, 6) is 0.621. The summed E-state index contributed by atoms with van der Waals surface area (Å²) >= 11 is 3.47. The van der Waals surface area contributed by atoms with Crippen molar-refractivity contribution in [3.63, 3.8) is 0 Å². The van der Waals surface area contributed by atoms with Crippen LogP contribution in [0.15, 0.2) is 22.7 Å². The predicted molar refractivity (Wildman–Crippen MR) is 85.3 cm³/mol. The van der Waals surface area contributed by atoms with Crippen molar-refractivity contribution in [3.05, 3.63) is 22.7 Å². The van der Waals surface area contributed by atoms with Gasteiger partial charge in [0.15, 0.2) is 0 Å². The molecule has 0 saturated carbocycles. The Bertz CT molecular complexity index is 548. The Labute approximate surface area is 123 Å². The van der Waals surface area contributed by atoms with Crippen molar-refractivity contribution in [1.82, 2.24) is 9.55 Å². The number of benzene rings is 1. The Morgan fingerprint density at radius 1 is 1.32 bits per heavy atom. The molecule has 1 heterocycles. The maximum Gasteiger partial charge on any atom is 0.201 e. The second kappa shape index (κ2) is 6.42. The minimum atomic E-state index is 0.406. The molecule has 0 aliphatic carbocycles. The molecule has 1 atom stereocenters. The topological polar surface area (TPSA) is 43.8 Å². The molecule has 1 unspecified atom stereocenters. The van der Waals surface area contributed by atoms with Crippen molar-refractivity contribution in [2.45, 2.75) is 52.0 Å². The summed E-state index contributed by atoms with van der Waals surface area (Å²) in [4.78, 5) is 4.45. The lowest BCUT2D eigenvalue weighted by molar-refractivity contribution is 0.486.